The van der Waals surface area contributed by atoms with Gasteiger partial charge in [0.2, 0.25) is 29.5 Å². The Morgan fingerprint density at radius 1 is 0.648 bits per heavy atom. The first-order valence-electron chi connectivity index (χ1n) is 26.4. The molecule has 9 N–H and O–H groups in total. The van der Waals surface area contributed by atoms with E-state index in [1.54, 1.807) is 62.4 Å². The van der Waals surface area contributed by atoms with Crippen LogP contribution in [0.3, 0.4) is 0 Å². The van der Waals surface area contributed by atoms with E-state index >= 15 is 0 Å². The van der Waals surface area contributed by atoms with Gasteiger partial charge in [0.1, 0.15) is 30.2 Å². The van der Waals surface area contributed by atoms with E-state index in [0.717, 1.165) is 31.2 Å². The summed E-state index contributed by atoms with van der Waals surface area (Å²) in [5.41, 5.74) is 1.00. The minimum Gasteiger partial charge on any atom is -0.480 e. The van der Waals surface area contributed by atoms with Gasteiger partial charge in [-0.3, -0.25) is 28.8 Å². The second kappa shape index (κ2) is 23.8. The lowest BCUT2D eigenvalue weighted by molar-refractivity contribution is -0.207. The molecule has 4 aliphatic carbocycles. The second-order valence-corrected chi connectivity index (χ2v) is 23.1. The van der Waals surface area contributed by atoms with Gasteiger partial charge in [-0.1, -0.05) is 109 Å². The molecule has 6 rings (SSSR count). The van der Waals surface area contributed by atoms with E-state index in [1.165, 1.54) is 6.92 Å². The van der Waals surface area contributed by atoms with Crippen molar-refractivity contribution in [2.24, 2.45) is 58.2 Å². The third-order valence-electron chi connectivity index (χ3n) is 17.5. The summed E-state index contributed by atoms with van der Waals surface area (Å²) in [6.07, 6.45) is 5.27. The van der Waals surface area contributed by atoms with Crippen LogP contribution >= 0.6 is 0 Å². The molecule has 0 unspecified atom stereocenters. The fraction of sp³-hybridized carbons (Fsp3) is 0.679. The average Bonchev–Trinajstić information content (AvgIpc) is 3.68. The highest BCUT2D eigenvalue weighted by atomic mass is 16.4. The van der Waals surface area contributed by atoms with Crippen molar-refractivity contribution in [3.05, 3.63) is 71.8 Å². The number of aliphatic hydroxyl groups is 3. The summed E-state index contributed by atoms with van der Waals surface area (Å²) in [6.45, 7) is 15.4. The van der Waals surface area contributed by atoms with Crippen LogP contribution in [0.1, 0.15) is 131 Å². The van der Waals surface area contributed by atoms with Crippen molar-refractivity contribution in [3.8, 4) is 0 Å². The Balaban J connectivity index is 1.10. The summed E-state index contributed by atoms with van der Waals surface area (Å²) < 4.78 is 0. The van der Waals surface area contributed by atoms with Gasteiger partial charge in [0.15, 0.2) is 0 Å². The zero-order valence-corrected chi connectivity index (χ0v) is 43.2. The van der Waals surface area contributed by atoms with E-state index in [2.05, 4.69) is 47.4 Å². The molecule has 0 heterocycles. The van der Waals surface area contributed by atoms with Crippen molar-refractivity contribution < 1.29 is 49.2 Å². The first-order valence-corrected chi connectivity index (χ1v) is 26.4. The molecule has 71 heavy (non-hydrogen) atoms. The summed E-state index contributed by atoms with van der Waals surface area (Å²) in [6, 6.07) is 12.3. The minimum atomic E-state index is -1.24. The van der Waals surface area contributed by atoms with Crippen LogP contribution in [0, 0.1) is 58.2 Å². The normalized spacial score (nSPS) is 30.5. The van der Waals surface area contributed by atoms with E-state index in [0.29, 0.717) is 37.7 Å². The van der Waals surface area contributed by atoms with Crippen LogP contribution in [0.15, 0.2) is 60.7 Å². The molecule has 0 aromatic heterocycles. The van der Waals surface area contributed by atoms with Crippen molar-refractivity contribution >= 4 is 35.5 Å². The SMILES string of the molecule is CC(C)C[C@H](NC(=O)CC[C@@H](C)[C@H]1CC[C@H]2[C@@H]3[C@H](O)C[C@@H]4C[C@H](O)CC[C@]4(C)[C@H]3C[C@H](O)[C@]12C)C(=O)N[C@H](C(=O)N[C@@H](Cc1ccccc1)C(=O)N[C@@H](Cc1ccccc1)C(=O)N[C@@H](C)C(=O)O)C(C)C. The highest BCUT2D eigenvalue weighted by molar-refractivity contribution is 5.96. The van der Waals surface area contributed by atoms with Crippen LogP contribution in [0.25, 0.3) is 0 Å². The molecule has 0 bridgehead atoms. The summed E-state index contributed by atoms with van der Waals surface area (Å²) in [5.74, 6) is -3.63. The van der Waals surface area contributed by atoms with E-state index < -0.39 is 83.3 Å². The number of carbonyl (C=O) groups is 6. The molecule has 2 aromatic rings. The van der Waals surface area contributed by atoms with E-state index in [9.17, 15) is 49.2 Å². The zero-order valence-electron chi connectivity index (χ0n) is 43.2. The van der Waals surface area contributed by atoms with Gasteiger partial charge < -0.3 is 47.0 Å². The van der Waals surface area contributed by atoms with Gasteiger partial charge in [0.25, 0.3) is 0 Å². The number of hydrogen-bond donors (Lipinski definition) is 9. The lowest BCUT2D eigenvalue weighted by Gasteiger charge is -2.63. The molecule has 4 aliphatic rings. The number of carboxylic acids is 1. The van der Waals surface area contributed by atoms with E-state index in [4.69, 9.17) is 0 Å². The van der Waals surface area contributed by atoms with Crippen molar-refractivity contribution in [2.45, 2.75) is 181 Å². The number of carbonyl (C=O) groups excluding carboxylic acids is 5. The van der Waals surface area contributed by atoms with Gasteiger partial charge in [-0.15, -0.1) is 0 Å². The molecule has 0 saturated heterocycles. The molecule has 5 amide bonds. The number of carboxylic acid groups (broad SMARTS) is 1. The maximum atomic E-state index is 14.3. The van der Waals surface area contributed by atoms with Crippen LogP contribution < -0.4 is 26.6 Å². The number of hydrogen-bond acceptors (Lipinski definition) is 9. The Morgan fingerprint density at radius 2 is 1.21 bits per heavy atom. The molecule has 0 radical (unpaired) electrons. The molecule has 15 heteroatoms. The molecule has 392 valence electrons. The van der Waals surface area contributed by atoms with Crippen LogP contribution in [0.5, 0.6) is 0 Å². The number of benzene rings is 2. The molecule has 16 atom stereocenters. The predicted octanol–water partition coefficient (Wildman–Crippen LogP) is 5.08. The van der Waals surface area contributed by atoms with Gasteiger partial charge in [0.05, 0.1) is 18.3 Å². The highest BCUT2D eigenvalue weighted by Crippen LogP contribution is 2.68. The van der Waals surface area contributed by atoms with Crippen molar-refractivity contribution in [1.29, 1.82) is 0 Å². The van der Waals surface area contributed by atoms with Gasteiger partial charge in [-0.2, -0.15) is 0 Å². The number of fused-ring (bicyclic) bond motifs is 5. The first kappa shape index (κ1) is 55.5. The van der Waals surface area contributed by atoms with Gasteiger partial charge >= 0.3 is 5.97 Å². The van der Waals surface area contributed by atoms with Crippen molar-refractivity contribution in [3.63, 3.8) is 0 Å². The summed E-state index contributed by atoms with van der Waals surface area (Å²) in [7, 11) is 0. The molecule has 0 spiro atoms. The van der Waals surface area contributed by atoms with Crippen molar-refractivity contribution in [1.82, 2.24) is 26.6 Å². The predicted molar refractivity (Wildman–Crippen MR) is 270 cm³/mol. The van der Waals surface area contributed by atoms with Crippen LogP contribution in [-0.2, 0) is 41.6 Å². The average molecular weight is 986 g/mol. The quantitative estimate of drug-likeness (QED) is 0.0804. The molecule has 2 aromatic carbocycles. The van der Waals surface area contributed by atoms with Crippen LogP contribution in [0.2, 0.25) is 0 Å². The minimum absolute atomic E-state index is 0.00751. The number of aliphatic carboxylic acids is 1. The van der Waals surface area contributed by atoms with Gasteiger partial charge in [-0.25, -0.2) is 0 Å². The third-order valence-corrected chi connectivity index (χ3v) is 17.5. The highest BCUT2D eigenvalue weighted by Gasteiger charge is 2.65. The lowest BCUT2D eigenvalue weighted by Crippen LogP contribution is -2.62. The topological polar surface area (TPSA) is 243 Å². The zero-order chi connectivity index (χ0) is 51.9. The molecular formula is C56H83N5O10. The number of amides is 5. The monoisotopic (exact) mass is 986 g/mol. The van der Waals surface area contributed by atoms with Crippen molar-refractivity contribution in [2.75, 3.05) is 0 Å². The maximum absolute atomic E-state index is 14.3. The molecule has 15 nitrogen and oxygen atoms in total. The summed E-state index contributed by atoms with van der Waals surface area (Å²) >= 11 is 0. The molecule has 4 fully saturated rings. The maximum Gasteiger partial charge on any atom is 0.325 e. The molecule has 0 aliphatic heterocycles. The smallest absolute Gasteiger partial charge is 0.325 e. The fourth-order valence-corrected chi connectivity index (χ4v) is 13.5. The first-order chi connectivity index (χ1) is 33.5. The largest absolute Gasteiger partial charge is 0.480 e. The van der Waals surface area contributed by atoms with Gasteiger partial charge in [0, 0.05) is 19.3 Å². The van der Waals surface area contributed by atoms with Crippen LogP contribution in [-0.4, -0.2) is 104 Å². The van der Waals surface area contributed by atoms with E-state index in [-0.39, 0.29) is 78.1 Å². The Kier molecular flexibility index (Phi) is 18.6. The van der Waals surface area contributed by atoms with Crippen LogP contribution in [0.4, 0.5) is 0 Å². The summed E-state index contributed by atoms with van der Waals surface area (Å²) in [4.78, 5) is 81.6. The second-order valence-electron chi connectivity index (χ2n) is 23.1. The van der Waals surface area contributed by atoms with E-state index in [1.807, 2.05) is 26.0 Å². The Morgan fingerprint density at radius 3 is 1.77 bits per heavy atom. The number of nitrogens with one attached hydrogen (secondary N) is 5. The van der Waals surface area contributed by atoms with Gasteiger partial charge in [-0.05, 0) is 134 Å². The lowest BCUT2D eigenvalue weighted by atomic mass is 9.43. The number of aliphatic hydroxyl groups excluding tert-OH is 3. The standard InChI is InChI=1S/C56H83N5O10/c1-31(2)25-42(58-47(65)22-19-33(5)39-20-21-40-48-41(30-46(64)56(39,40)8)55(7)24-23-38(62)28-37(55)29-45(48)63)52(68)61-49(32(3)4)53(69)60-44(27-36-17-13-10-14-18-36)51(67)59-43(26-35-15-11-9-12-16-35)50(66)57-34(6)54(70)71/h9-18,31-34,37-46,48-49,62-64H,19-30H2,1-8H3,(H,57,66)(H,58,65)(H,59,67)(H,60,69)(H,61,68)(H,70,71)/t33-,34+,37+,38-,39-,40+,41+,42+,43+,44+,45-,46+,48+,49+,55+,56-/m1/s1. The molecular weight excluding hydrogens is 903 g/mol. The summed E-state index contributed by atoms with van der Waals surface area (Å²) in [5, 5.41) is 57.7. The number of rotatable bonds is 21. The Bertz CT molecular complexity index is 2160. The Labute approximate surface area is 420 Å². The molecule has 4 saturated carbocycles. The fourth-order valence-electron chi connectivity index (χ4n) is 13.5. The Hall–Kier alpha value is -4.86. The third kappa shape index (κ3) is 13.0.